The van der Waals surface area contributed by atoms with Crippen molar-refractivity contribution in [2.75, 3.05) is 13.2 Å². The van der Waals surface area contributed by atoms with Gasteiger partial charge in [-0.15, -0.1) is 11.6 Å². The first-order chi connectivity index (χ1) is 8.66. The maximum atomic E-state index is 6.25. The second-order valence-corrected chi connectivity index (χ2v) is 5.48. The summed E-state index contributed by atoms with van der Waals surface area (Å²) in [5.41, 5.74) is 2.95. The smallest absolute Gasteiger partial charge is 0.160 e. The first-order valence-corrected chi connectivity index (χ1v) is 6.66. The Labute approximate surface area is 111 Å². The number of alkyl halides is 1. The number of hydrogen-bond donors (Lipinski definition) is 0. The van der Waals surface area contributed by atoms with E-state index in [1.807, 2.05) is 20.0 Å². The van der Waals surface area contributed by atoms with Crippen molar-refractivity contribution in [2.24, 2.45) is 0 Å². The van der Waals surface area contributed by atoms with E-state index in [1.54, 1.807) is 0 Å². The molecule has 3 heterocycles. The molecule has 0 amide bonds. The molecule has 0 bridgehead atoms. The Hall–Kier alpha value is -1.13. The zero-order chi connectivity index (χ0) is 12.7. The van der Waals surface area contributed by atoms with Crippen LogP contribution in [-0.2, 0) is 4.74 Å². The third kappa shape index (κ3) is 1.89. The summed E-state index contributed by atoms with van der Waals surface area (Å²) in [6.45, 7) is 5.49. The second-order valence-electron chi connectivity index (χ2n) is 4.83. The Kier molecular flexibility index (Phi) is 2.99. The minimum absolute atomic E-state index is 0.125. The molecule has 1 aliphatic heterocycles. The zero-order valence-electron chi connectivity index (χ0n) is 10.6. The van der Waals surface area contributed by atoms with E-state index >= 15 is 0 Å². The molecule has 18 heavy (non-hydrogen) atoms. The summed E-state index contributed by atoms with van der Waals surface area (Å²) in [7, 11) is 0. The summed E-state index contributed by atoms with van der Waals surface area (Å²) >= 11 is 6.25. The van der Waals surface area contributed by atoms with Gasteiger partial charge in [0.15, 0.2) is 5.65 Å². The van der Waals surface area contributed by atoms with E-state index in [2.05, 4.69) is 20.6 Å². The summed E-state index contributed by atoms with van der Waals surface area (Å²) in [5.74, 6) is 0.889. The SMILES string of the molecule is Cc1cnc2c(c1)nc(C(C)Cl)n2C1CCOC1. The topological polar surface area (TPSA) is 39.9 Å². The summed E-state index contributed by atoms with van der Waals surface area (Å²) in [6.07, 6.45) is 2.87. The number of ether oxygens (including phenoxy) is 1. The monoisotopic (exact) mass is 265 g/mol. The van der Waals surface area contributed by atoms with E-state index in [0.29, 0.717) is 6.04 Å². The maximum Gasteiger partial charge on any atom is 0.160 e. The van der Waals surface area contributed by atoms with E-state index < -0.39 is 0 Å². The van der Waals surface area contributed by atoms with Crippen molar-refractivity contribution in [3.8, 4) is 0 Å². The third-order valence-corrected chi connectivity index (χ3v) is 3.52. The van der Waals surface area contributed by atoms with Gasteiger partial charge in [-0.05, 0) is 31.9 Å². The van der Waals surface area contributed by atoms with Gasteiger partial charge in [-0.2, -0.15) is 0 Å². The molecule has 5 heteroatoms. The first kappa shape index (κ1) is 11.9. The van der Waals surface area contributed by atoms with Gasteiger partial charge in [0.25, 0.3) is 0 Å². The highest BCUT2D eigenvalue weighted by atomic mass is 35.5. The van der Waals surface area contributed by atoms with E-state index in [4.69, 9.17) is 16.3 Å². The molecule has 4 nitrogen and oxygen atoms in total. The summed E-state index contributed by atoms with van der Waals surface area (Å²) in [6, 6.07) is 2.36. The Morgan fingerprint density at radius 1 is 1.56 bits per heavy atom. The van der Waals surface area contributed by atoms with Crippen LogP contribution in [-0.4, -0.2) is 27.7 Å². The van der Waals surface area contributed by atoms with Crippen LogP contribution in [0.3, 0.4) is 0 Å². The summed E-state index contributed by atoms with van der Waals surface area (Å²) in [4.78, 5) is 9.15. The number of hydrogen-bond acceptors (Lipinski definition) is 3. The summed E-state index contributed by atoms with van der Waals surface area (Å²) in [5, 5.41) is -0.125. The molecule has 3 rings (SSSR count). The Balaban J connectivity index is 2.21. The molecule has 0 aliphatic carbocycles. The zero-order valence-corrected chi connectivity index (χ0v) is 11.3. The molecule has 0 saturated carbocycles. The lowest BCUT2D eigenvalue weighted by atomic mass is 10.2. The Bertz CT molecular complexity index is 573. The number of rotatable bonds is 2. The number of aromatic nitrogens is 3. The number of aryl methyl sites for hydroxylation is 1. The number of nitrogens with zero attached hydrogens (tertiary/aromatic N) is 3. The highest BCUT2D eigenvalue weighted by molar-refractivity contribution is 6.20. The standard InChI is InChI=1S/C13H16ClN3O/c1-8-5-11-13(15-6-8)17(10-3-4-18-7-10)12(16-11)9(2)14/h5-6,9-10H,3-4,7H2,1-2H3. The van der Waals surface area contributed by atoms with Crippen molar-refractivity contribution in [1.82, 2.24) is 14.5 Å². The molecule has 2 aromatic heterocycles. The molecule has 2 aromatic rings. The minimum Gasteiger partial charge on any atom is -0.379 e. The van der Waals surface area contributed by atoms with Crippen LogP contribution < -0.4 is 0 Å². The van der Waals surface area contributed by atoms with Crippen molar-refractivity contribution in [1.29, 1.82) is 0 Å². The van der Waals surface area contributed by atoms with Crippen molar-refractivity contribution in [2.45, 2.75) is 31.7 Å². The molecule has 0 spiro atoms. The fourth-order valence-corrected chi connectivity index (χ4v) is 2.62. The van der Waals surface area contributed by atoms with E-state index in [9.17, 15) is 0 Å². The Morgan fingerprint density at radius 2 is 2.39 bits per heavy atom. The van der Waals surface area contributed by atoms with E-state index in [0.717, 1.165) is 42.2 Å². The van der Waals surface area contributed by atoms with Crippen LogP contribution in [0, 0.1) is 6.92 Å². The lowest BCUT2D eigenvalue weighted by molar-refractivity contribution is 0.186. The third-order valence-electron chi connectivity index (χ3n) is 3.32. The van der Waals surface area contributed by atoms with Gasteiger partial charge in [-0.1, -0.05) is 0 Å². The number of pyridine rings is 1. The molecule has 1 aliphatic rings. The van der Waals surface area contributed by atoms with Crippen molar-refractivity contribution >= 4 is 22.8 Å². The second kappa shape index (κ2) is 4.52. The minimum atomic E-state index is -0.125. The van der Waals surface area contributed by atoms with Crippen molar-refractivity contribution in [3.63, 3.8) is 0 Å². The van der Waals surface area contributed by atoms with Crippen LogP contribution in [0.25, 0.3) is 11.2 Å². The van der Waals surface area contributed by atoms with Gasteiger partial charge in [0, 0.05) is 12.8 Å². The molecule has 0 aromatic carbocycles. The average Bonchev–Trinajstić information content (AvgIpc) is 2.92. The molecular formula is C13H16ClN3O. The van der Waals surface area contributed by atoms with Gasteiger partial charge in [0.05, 0.1) is 18.0 Å². The molecule has 2 unspecified atom stereocenters. The predicted octanol–water partition coefficient (Wildman–Crippen LogP) is 3.00. The lowest BCUT2D eigenvalue weighted by Gasteiger charge is -2.15. The van der Waals surface area contributed by atoms with Crippen LogP contribution >= 0.6 is 11.6 Å². The molecular weight excluding hydrogens is 250 g/mol. The summed E-state index contributed by atoms with van der Waals surface area (Å²) < 4.78 is 7.62. The van der Waals surface area contributed by atoms with Crippen LogP contribution in [0.5, 0.6) is 0 Å². The van der Waals surface area contributed by atoms with Gasteiger partial charge < -0.3 is 9.30 Å². The highest BCUT2D eigenvalue weighted by Crippen LogP contribution is 2.30. The normalized spacial score (nSPS) is 21.6. The lowest BCUT2D eigenvalue weighted by Crippen LogP contribution is -2.13. The predicted molar refractivity (Wildman–Crippen MR) is 71.0 cm³/mol. The van der Waals surface area contributed by atoms with Crippen LogP contribution in [0.4, 0.5) is 0 Å². The van der Waals surface area contributed by atoms with Gasteiger partial charge in [-0.25, -0.2) is 9.97 Å². The largest absolute Gasteiger partial charge is 0.379 e. The first-order valence-electron chi connectivity index (χ1n) is 6.23. The molecule has 0 N–H and O–H groups in total. The molecule has 1 saturated heterocycles. The highest BCUT2D eigenvalue weighted by Gasteiger charge is 2.25. The maximum absolute atomic E-state index is 6.25. The van der Waals surface area contributed by atoms with Crippen LogP contribution in [0.2, 0.25) is 0 Å². The number of halogens is 1. The van der Waals surface area contributed by atoms with Gasteiger partial charge in [0.2, 0.25) is 0 Å². The quantitative estimate of drug-likeness (QED) is 0.784. The van der Waals surface area contributed by atoms with Crippen molar-refractivity contribution < 1.29 is 4.74 Å². The Morgan fingerprint density at radius 3 is 3.06 bits per heavy atom. The van der Waals surface area contributed by atoms with Gasteiger partial charge >= 0.3 is 0 Å². The van der Waals surface area contributed by atoms with E-state index in [-0.39, 0.29) is 5.38 Å². The fraction of sp³-hybridized carbons (Fsp3) is 0.538. The van der Waals surface area contributed by atoms with Crippen LogP contribution in [0.15, 0.2) is 12.3 Å². The van der Waals surface area contributed by atoms with Gasteiger partial charge in [-0.3, -0.25) is 0 Å². The molecule has 96 valence electrons. The van der Waals surface area contributed by atoms with Crippen LogP contribution in [0.1, 0.15) is 36.2 Å². The molecule has 2 atom stereocenters. The molecule has 1 fully saturated rings. The molecule has 0 radical (unpaired) electrons. The number of imidazole rings is 1. The van der Waals surface area contributed by atoms with E-state index in [1.165, 1.54) is 0 Å². The van der Waals surface area contributed by atoms with Crippen molar-refractivity contribution in [3.05, 3.63) is 23.7 Å². The van der Waals surface area contributed by atoms with Gasteiger partial charge in [0.1, 0.15) is 11.3 Å². The fourth-order valence-electron chi connectivity index (χ4n) is 2.47. The number of fused-ring (bicyclic) bond motifs is 1. The average molecular weight is 266 g/mol.